The SMILES string of the molecule is Fc1c(F)c(F)c([B-](c2c(F)c(F)c(F)c(F)c2F)(c2c(F)c(F)c(F)c(F)c2F)c2c(F)c(F)c(F)c(F)c2F)c(F)c1F.O=C(C[n+]1cccc2cccc([N+](=O)[O-])c21)c1ccccc1. The summed E-state index contributed by atoms with van der Waals surface area (Å²) in [5, 5.41) is 12.0. The van der Waals surface area contributed by atoms with Gasteiger partial charge in [-0.2, -0.15) is 4.57 Å². The highest BCUT2D eigenvalue weighted by Crippen LogP contribution is 2.31. The van der Waals surface area contributed by atoms with Crippen molar-refractivity contribution in [3.05, 3.63) is 199 Å². The fourth-order valence-corrected chi connectivity index (χ4v) is 7.34. The molecule has 0 aliphatic heterocycles. The number of nitrogens with zero attached hydrogens (tertiary/aromatic N) is 2. The number of hydrogen-bond donors (Lipinski definition) is 0. The van der Waals surface area contributed by atoms with E-state index in [0.717, 1.165) is 5.39 Å². The number of aromatic nitrogens is 1. The molecule has 0 aliphatic carbocycles. The number of rotatable bonds is 8. The first-order chi connectivity index (χ1) is 31.4. The van der Waals surface area contributed by atoms with Crippen LogP contribution in [0.2, 0.25) is 0 Å². The van der Waals surface area contributed by atoms with E-state index in [9.17, 15) is 67.6 Å². The minimum absolute atomic E-state index is 0.000961. The lowest BCUT2D eigenvalue weighted by molar-refractivity contribution is -0.658. The first-order valence-corrected chi connectivity index (χ1v) is 17.7. The van der Waals surface area contributed by atoms with Gasteiger partial charge in [-0.1, -0.05) is 36.4 Å². The number of Topliss-reactive ketones (excluding diaryl/α,β-unsaturated/α-hetero) is 1. The van der Waals surface area contributed by atoms with Gasteiger partial charge < -0.3 is 0 Å². The smallest absolute Gasteiger partial charge is 0.287 e. The van der Waals surface area contributed by atoms with E-state index >= 15 is 35.1 Å². The van der Waals surface area contributed by atoms with Crippen molar-refractivity contribution in [2.45, 2.75) is 6.54 Å². The standard InChI is InChI=1S/C24BF20.C17H13N2O3/c26-5-1(6(27)14(35)21(42)13(5)34)25(2-7(28)15(36)22(43)16(37)8(2)29,3-9(30)17(38)23(44)18(39)10(3)31)4-11(32)19(40)24(45)20(41)12(4)33;20-16(13-6-2-1-3-7-13)12-18-11-5-9-14-8-4-10-15(17(14)18)19(21)22/h;1-11H,12H2/q-1;+1. The van der Waals surface area contributed by atoms with Crippen LogP contribution in [-0.2, 0) is 6.54 Å². The number of non-ortho nitro benzene ring substituents is 1. The van der Waals surface area contributed by atoms with Crippen LogP contribution in [-0.4, -0.2) is 16.9 Å². The van der Waals surface area contributed by atoms with Crippen LogP contribution in [0.4, 0.5) is 93.5 Å². The monoisotopic (exact) mass is 972 g/mol. The average molecular weight is 972 g/mol. The van der Waals surface area contributed by atoms with Crippen LogP contribution in [0.5, 0.6) is 0 Å². The van der Waals surface area contributed by atoms with Gasteiger partial charge in [-0.05, 0) is 12.1 Å². The Kier molecular flexibility index (Phi) is 13.2. The molecule has 0 bridgehead atoms. The molecular weight excluding hydrogens is 959 g/mol. The molecule has 1 heterocycles. The summed E-state index contributed by atoms with van der Waals surface area (Å²) in [6, 6.07) is 17.4. The molecule has 6 aromatic carbocycles. The molecule has 5 nitrogen and oxygen atoms in total. The number of hydrogen-bond acceptors (Lipinski definition) is 3. The fourth-order valence-electron chi connectivity index (χ4n) is 7.34. The maximum atomic E-state index is 15.4. The Hall–Kier alpha value is -7.54. The molecule has 0 unspecified atom stereocenters. The highest BCUT2D eigenvalue weighted by Gasteiger charge is 2.52. The average Bonchev–Trinajstić information content (AvgIpc) is 3.31. The molecule has 0 amide bonds. The van der Waals surface area contributed by atoms with Gasteiger partial charge in [-0.3, -0.25) is 14.9 Å². The summed E-state index contributed by atoms with van der Waals surface area (Å²) in [4.78, 5) is 23.2. The molecule has 7 aromatic rings. The number of benzene rings is 6. The van der Waals surface area contributed by atoms with Gasteiger partial charge in [0.25, 0.3) is 5.52 Å². The Morgan fingerprint density at radius 1 is 0.418 bits per heavy atom. The molecule has 7 rings (SSSR count). The van der Waals surface area contributed by atoms with Gasteiger partial charge in [0, 0.05) is 17.7 Å². The van der Waals surface area contributed by atoms with Gasteiger partial charge in [-0.15, -0.1) is 21.9 Å². The van der Waals surface area contributed by atoms with E-state index in [1.54, 1.807) is 59.3 Å². The Bertz CT molecular complexity index is 2840. The largest absolute Gasteiger partial charge is 0.340 e. The number of pyridine rings is 1. The second kappa shape index (κ2) is 18.0. The number of carbonyl (C=O) groups excluding carboxylic acids is 1. The number of nitro benzene ring substituents is 1. The van der Waals surface area contributed by atoms with Crippen LogP contribution >= 0.6 is 0 Å². The molecule has 26 heteroatoms. The predicted molar refractivity (Wildman–Crippen MR) is 191 cm³/mol. The second-order valence-electron chi connectivity index (χ2n) is 13.7. The third-order valence-corrected chi connectivity index (χ3v) is 10.2. The van der Waals surface area contributed by atoms with Crippen molar-refractivity contribution in [3.63, 3.8) is 0 Å². The third kappa shape index (κ3) is 7.61. The molecule has 0 saturated heterocycles. The first-order valence-electron chi connectivity index (χ1n) is 17.7. The molecule has 0 saturated carbocycles. The number of halogens is 20. The van der Waals surface area contributed by atoms with Crippen molar-refractivity contribution in [1.29, 1.82) is 0 Å². The lowest BCUT2D eigenvalue weighted by Crippen LogP contribution is -2.81. The Morgan fingerprint density at radius 2 is 0.716 bits per heavy atom. The van der Waals surface area contributed by atoms with E-state index in [1.165, 1.54) is 6.07 Å². The van der Waals surface area contributed by atoms with Gasteiger partial charge in [0.05, 0.1) is 10.3 Å². The summed E-state index contributed by atoms with van der Waals surface area (Å²) in [7, 11) is 0. The molecule has 0 aliphatic rings. The van der Waals surface area contributed by atoms with Crippen LogP contribution in [0, 0.1) is 126 Å². The van der Waals surface area contributed by atoms with Crippen LogP contribution in [0.3, 0.4) is 0 Å². The number of carbonyl (C=O) groups is 1. The van der Waals surface area contributed by atoms with Crippen molar-refractivity contribution < 1.29 is 102 Å². The van der Waals surface area contributed by atoms with Crippen LogP contribution < -0.4 is 26.4 Å². The molecule has 0 radical (unpaired) electrons. The van der Waals surface area contributed by atoms with Gasteiger partial charge in [-0.25, -0.2) is 87.8 Å². The highest BCUT2D eigenvalue weighted by atomic mass is 19.2. The van der Waals surface area contributed by atoms with Crippen LogP contribution in [0.1, 0.15) is 10.4 Å². The highest BCUT2D eigenvalue weighted by molar-refractivity contribution is 7.20. The van der Waals surface area contributed by atoms with Gasteiger partial charge in [0.15, 0.2) is 76.0 Å². The zero-order chi connectivity index (χ0) is 49.9. The van der Waals surface area contributed by atoms with E-state index in [-0.39, 0.29) is 18.0 Å². The lowest BCUT2D eigenvalue weighted by Gasteiger charge is -2.44. The van der Waals surface area contributed by atoms with Crippen LogP contribution in [0.15, 0.2) is 66.9 Å². The summed E-state index contributed by atoms with van der Waals surface area (Å²) in [5.74, 6) is -71.5. The molecule has 67 heavy (non-hydrogen) atoms. The molecule has 0 fully saturated rings. The Labute approximate surface area is 357 Å². The molecule has 0 atom stereocenters. The van der Waals surface area contributed by atoms with Crippen molar-refractivity contribution in [3.8, 4) is 0 Å². The van der Waals surface area contributed by atoms with Gasteiger partial charge in [0.1, 0.15) is 52.7 Å². The summed E-state index contributed by atoms with van der Waals surface area (Å²) < 4.78 is 296. The molecule has 1 aromatic heterocycles. The Balaban J connectivity index is 0.000000279. The zero-order valence-corrected chi connectivity index (χ0v) is 31.8. The second-order valence-corrected chi connectivity index (χ2v) is 13.7. The van der Waals surface area contributed by atoms with Crippen molar-refractivity contribution >= 4 is 50.4 Å². The van der Waals surface area contributed by atoms with E-state index < -0.39 is 149 Å². The van der Waals surface area contributed by atoms with Crippen molar-refractivity contribution in [1.82, 2.24) is 0 Å². The number of fused-ring (bicyclic) bond motifs is 1. The fraction of sp³-hybridized carbons (Fsp3) is 0.0244. The topological polar surface area (TPSA) is 64.1 Å². The van der Waals surface area contributed by atoms with E-state index in [0.29, 0.717) is 11.1 Å². The van der Waals surface area contributed by atoms with E-state index in [2.05, 4.69) is 0 Å². The molecule has 0 N–H and O–H groups in total. The van der Waals surface area contributed by atoms with Gasteiger partial charge >= 0.3 is 5.69 Å². The minimum Gasteiger partial charge on any atom is -0.287 e. The number of ketones is 1. The van der Waals surface area contributed by atoms with Crippen LogP contribution in [0.25, 0.3) is 10.9 Å². The summed E-state index contributed by atoms with van der Waals surface area (Å²) in [5.41, 5.74) is -13.3. The maximum absolute atomic E-state index is 15.4. The summed E-state index contributed by atoms with van der Waals surface area (Å²) >= 11 is 0. The molecular formula is C41H13BF20N2O3. The molecule has 0 spiro atoms. The normalized spacial score (nSPS) is 11.5. The zero-order valence-electron chi connectivity index (χ0n) is 31.8. The minimum atomic E-state index is -7.22. The number of para-hydroxylation sites is 1. The first kappa shape index (κ1) is 48.9. The summed E-state index contributed by atoms with van der Waals surface area (Å²) in [6.07, 6.45) is -5.53. The van der Waals surface area contributed by atoms with E-state index in [1.807, 2.05) is 6.07 Å². The van der Waals surface area contributed by atoms with Crippen molar-refractivity contribution in [2.75, 3.05) is 0 Å². The maximum Gasteiger partial charge on any atom is 0.340 e. The number of nitro groups is 1. The Morgan fingerprint density at radius 3 is 1.03 bits per heavy atom. The predicted octanol–water partition coefficient (Wildman–Crippen LogP) is 8.76. The van der Waals surface area contributed by atoms with E-state index in [4.69, 9.17) is 0 Å². The lowest BCUT2D eigenvalue weighted by atomic mass is 9.12. The van der Waals surface area contributed by atoms with Crippen molar-refractivity contribution in [2.24, 2.45) is 0 Å². The third-order valence-electron chi connectivity index (χ3n) is 10.2. The quantitative estimate of drug-likeness (QED) is 0.0224. The molecule has 348 valence electrons. The van der Waals surface area contributed by atoms with Gasteiger partial charge in [0.2, 0.25) is 12.3 Å². The summed E-state index contributed by atoms with van der Waals surface area (Å²) in [6.45, 7) is 0.0617.